The summed E-state index contributed by atoms with van der Waals surface area (Å²) in [6.07, 6.45) is 9.03. The molecule has 19 heavy (non-hydrogen) atoms. The van der Waals surface area contributed by atoms with Gasteiger partial charge in [-0.05, 0) is 51.6 Å². The van der Waals surface area contributed by atoms with E-state index in [0.29, 0.717) is 12.6 Å². The Kier molecular flexibility index (Phi) is 4.38. The quantitative estimate of drug-likeness (QED) is 0.830. The number of likely N-dealkylation sites (tertiary alicyclic amines) is 2. The van der Waals surface area contributed by atoms with Gasteiger partial charge in [0.25, 0.3) is 0 Å². The predicted octanol–water partition coefficient (Wildman–Crippen LogP) is 1.22. The molecule has 0 aromatic heterocycles. The number of hydrogen-bond donors (Lipinski definition) is 1. The van der Waals surface area contributed by atoms with Crippen molar-refractivity contribution in [2.24, 2.45) is 0 Å². The molecule has 1 amide bonds. The molecule has 0 atom stereocenters. The molecule has 4 nitrogen and oxygen atoms in total. The Bertz CT molecular complexity index is 303. The lowest BCUT2D eigenvalue weighted by Gasteiger charge is -2.40. The minimum absolute atomic E-state index is 0.235. The molecule has 0 radical (unpaired) electrons. The number of carbonyl (C=O) groups excluding carboxylic acids is 1. The van der Waals surface area contributed by atoms with Crippen LogP contribution in [0.4, 0.5) is 0 Å². The molecule has 3 aliphatic rings. The van der Waals surface area contributed by atoms with Crippen molar-refractivity contribution in [2.45, 2.75) is 57.0 Å². The fourth-order valence-corrected chi connectivity index (χ4v) is 3.43. The second-order valence-corrected chi connectivity index (χ2v) is 6.45. The number of amides is 1. The molecule has 0 aromatic carbocycles. The number of piperidine rings is 2. The molecule has 1 aliphatic carbocycles. The molecular formula is C15H27N3O. The van der Waals surface area contributed by atoms with E-state index in [9.17, 15) is 4.79 Å². The Morgan fingerprint density at radius 2 is 1.63 bits per heavy atom. The molecule has 0 aromatic rings. The van der Waals surface area contributed by atoms with Crippen molar-refractivity contribution in [3.05, 3.63) is 0 Å². The van der Waals surface area contributed by atoms with Crippen LogP contribution in [0.3, 0.4) is 0 Å². The molecule has 0 spiro atoms. The summed E-state index contributed by atoms with van der Waals surface area (Å²) < 4.78 is 0. The van der Waals surface area contributed by atoms with Crippen LogP contribution in [0.5, 0.6) is 0 Å². The zero-order chi connectivity index (χ0) is 13.1. The topological polar surface area (TPSA) is 35.6 Å². The van der Waals surface area contributed by atoms with Gasteiger partial charge in [0.15, 0.2) is 0 Å². The minimum Gasteiger partial charge on any atom is -0.352 e. The lowest BCUT2D eigenvalue weighted by Crippen LogP contribution is -2.48. The van der Waals surface area contributed by atoms with Crippen LogP contribution < -0.4 is 5.32 Å². The monoisotopic (exact) mass is 265 g/mol. The Balaban J connectivity index is 1.37. The molecule has 108 valence electrons. The van der Waals surface area contributed by atoms with Crippen LogP contribution in [0.1, 0.15) is 44.9 Å². The summed E-state index contributed by atoms with van der Waals surface area (Å²) in [5.41, 5.74) is 0. The standard InChI is InChI=1S/C15H27N3O/c19-15(16-13-4-5-13)12-17-10-6-14(7-11-17)18-8-2-1-3-9-18/h13-14H,1-12H2,(H,16,19). The number of nitrogens with one attached hydrogen (secondary N) is 1. The molecular weight excluding hydrogens is 238 g/mol. The summed E-state index contributed by atoms with van der Waals surface area (Å²) in [6, 6.07) is 1.28. The van der Waals surface area contributed by atoms with Crippen LogP contribution in [0.25, 0.3) is 0 Å². The molecule has 1 N–H and O–H groups in total. The Hall–Kier alpha value is -0.610. The predicted molar refractivity (Wildman–Crippen MR) is 76.1 cm³/mol. The first-order valence-corrected chi connectivity index (χ1v) is 8.07. The van der Waals surface area contributed by atoms with Gasteiger partial charge in [-0.1, -0.05) is 6.42 Å². The Morgan fingerprint density at radius 3 is 2.26 bits per heavy atom. The Labute approximate surface area is 116 Å². The minimum atomic E-state index is 0.235. The summed E-state index contributed by atoms with van der Waals surface area (Å²) in [5.74, 6) is 0.235. The van der Waals surface area contributed by atoms with E-state index in [1.165, 1.54) is 58.0 Å². The number of rotatable bonds is 4. The summed E-state index contributed by atoms with van der Waals surface area (Å²) in [4.78, 5) is 16.8. The third kappa shape index (κ3) is 3.93. The van der Waals surface area contributed by atoms with Gasteiger partial charge in [-0.2, -0.15) is 0 Å². The zero-order valence-electron chi connectivity index (χ0n) is 11.9. The van der Waals surface area contributed by atoms with Gasteiger partial charge >= 0.3 is 0 Å². The fourth-order valence-electron chi connectivity index (χ4n) is 3.43. The van der Waals surface area contributed by atoms with E-state index in [2.05, 4.69) is 15.1 Å². The SMILES string of the molecule is O=C(CN1CCC(N2CCCCC2)CC1)NC1CC1. The van der Waals surface area contributed by atoms with Crippen molar-refractivity contribution in [2.75, 3.05) is 32.7 Å². The summed E-state index contributed by atoms with van der Waals surface area (Å²) in [5, 5.41) is 3.08. The molecule has 3 fully saturated rings. The van der Waals surface area contributed by atoms with E-state index in [-0.39, 0.29) is 5.91 Å². The van der Waals surface area contributed by atoms with Gasteiger partial charge in [-0.3, -0.25) is 9.69 Å². The maximum absolute atomic E-state index is 11.8. The first-order valence-electron chi connectivity index (χ1n) is 8.07. The summed E-state index contributed by atoms with van der Waals surface area (Å²) in [6.45, 7) is 5.40. The van der Waals surface area contributed by atoms with Gasteiger partial charge in [-0.15, -0.1) is 0 Å². The molecule has 4 heteroatoms. The van der Waals surface area contributed by atoms with Crippen molar-refractivity contribution in [1.82, 2.24) is 15.1 Å². The van der Waals surface area contributed by atoms with Crippen molar-refractivity contribution < 1.29 is 4.79 Å². The normalized spacial score (nSPS) is 27.4. The van der Waals surface area contributed by atoms with Crippen molar-refractivity contribution in [3.63, 3.8) is 0 Å². The molecule has 2 heterocycles. The third-order valence-electron chi connectivity index (χ3n) is 4.77. The van der Waals surface area contributed by atoms with Gasteiger partial charge in [0.05, 0.1) is 6.54 Å². The molecule has 0 bridgehead atoms. The highest BCUT2D eigenvalue weighted by atomic mass is 16.2. The van der Waals surface area contributed by atoms with E-state index in [4.69, 9.17) is 0 Å². The maximum atomic E-state index is 11.8. The average molecular weight is 265 g/mol. The number of hydrogen-bond acceptors (Lipinski definition) is 3. The van der Waals surface area contributed by atoms with Crippen molar-refractivity contribution in [3.8, 4) is 0 Å². The maximum Gasteiger partial charge on any atom is 0.234 e. The van der Waals surface area contributed by atoms with Gasteiger partial charge in [0.2, 0.25) is 5.91 Å². The highest BCUT2D eigenvalue weighted by Crippen LogP contribution is 2.21. The largest absolute Gasteiger partial charge is 0.352 e. The third-order valence-corrected chi connectivity index (χ3v) is 4.77. The lowest BCUT2D eigenvalue weighted by molar-refractivity contribution is -0.122. The molecule has 2 aliphatic heterocycles. The average Bonchev–Trinajstić information content (AvgIpc) is 3.24. The van der Waals surface area contributed by atoms with Crippen LogP contribution in [0.2, 0.25) is 0 Å². The summed E-state index contributed by atoms with van der Waals surface area (Å²) in [7, 11) is 0. The van der Waals surface area contributed by atoms with E-state index < -0.39 is 0 Å². The van der Waals surface area contributed by atoms with Crippen LogP contribution in [0.15, 0.2) is 0 Å². The van der Waals surface area contributed by atoms with Crippen molar-refractivity contribution in [1.29, 1.82) is 0 Å². The Morgan fingerprint density at radius 1 is 0.947 bits per heavy atom. The molecule has 2 saturated heterocycles. The second kappa shape index (κ2) is 6.23. The highest BCUT2D eigenvalue weighted by molar-refractivity contribution is 5.78. The smallest absolute Gasteiger partial charge is 0.234 e. The van der Waals surface area contributed by atoms with Crippen LogP contribution in [0, 0.1) is 0 Å². The lowest BCUT2D eigenvalue weighted by atomic mass is 10.00. The molecule has 1 saturated carbocycles. The van der Waals surface area contributed by atoms with Crippen LogP contribution >= 0.6 is 0 Å². The molecule has 0 unspecified atom stereocenters. The highest BCUT2D eigenvalue weighted by Gasteiger charge is 2.28. The zero-order valence-corrected chi connectivity index (χ0v) is 11.9. The van der Waals surface area contributed by atoms with Crippen LogP contribution in [-0.4, -0.2) is 60.5 Å². The first-order chi connectivity index (χ1) is 9.31. The van der Waals surface area contributed by atoms with E-state index in [1.807, 2.05) is 0 Å². The van der Waals surface area contributed by atoms with Crippen LogP contribution in [-0.2, 0) is 4.79 Å². The van der Waals surface area contributed by atoms with E-state index in [1.54, 1.807) is 0 Å². The van der Waals surface area contributed by atoms with Gasteiger partial charge in [-0.25, -0.2) is 0 Å². The first kappa shape index (κ1) is 13.4. The number of nitrogens with zero attached hydrogens (tertiary/aromatic N) is 2. The van der Waals surface area contributed by atoms with E-state index in [0.717, 1.165) is 19.1 Å². The second-order valence-electron chi connectivity index (χ2n) is 6.45. The van der Waals surface area contributed by atoms with E-state index >= 15 is 0 Å². The fraction of sp³-hybridized carbons (Fsp3) is 0.933. The van der Waals surface area contributed by atoms with Gasteiger partial charge < -0.3 is 10.2 Å². The number of carbonyl (C=O) groups is 1. The van der Waals surface area contributed by atoms with Crippen molar-refractivity contribution >= 4 is 5.91 Å². The van der Waals surface area contributed by atoms with Gasteiger partial charge in [0, 0.05) is 25.2 Å². The summed E-state index contributed by atoms with van der Waals surface area (Å²) >= 11 is 0. The van der Waals surface area contributed by atoms with Gasteiger partial charge in [0.1, 0.15) is 0 Å². The molecule has 3 rings (SSSR count).